The van der Waals surface area contributed by atoms with Crippen LogP contribution in [-0.4, -0.2) is 56.1 Å². The first-order valence-corrected chi connectivity index (χ1v) is 11.5. The molecule has 1 unspecified atom stereocenters. The minimum Gasteiger partial charge on any atom is -0.396 e. The van der Waals surface area contributed by atoms with Crippen molar-refractivity contribution in [2.75, 3.05) is 6.61 Å². The number of aliphatic hydroxyl groups excluding tert-OH is 1. The van der Waals surface area contributed by atoms with Gasteiger partial charge in [0.05, 0.1) is 5.39 Å². The lowest BCUT2D eigenvalue weighted by Crippen LogP contribution is -2.36. The van der Waals surface area contributed by atoms with Crippen LogP contribution >= 0.6 is 23.2 Å². The summed E-state index contributed by atoms with van der Waals surface area (Å²) < 4.78 is 20.4. The Balaban J connectivity index is 1.53. The number of benzene rings is 1. The summed E-state index contributed by atoms with van der Waals surface area (Å²) in [6, 6.07) is 6.93. The van der Waals surface area contributed by atoms with E-state index in [-0.39, 0.29) is 12.4 Å². The van der Waals surface area contributed by atoms with E-state index in [0.29, 0.717) is 39.6 Å². The molecule has 0 spiro atoms. The third-order valence-electron chi connectivity index (χ3n) is 5.96. The van der Waals surface area contributed by atoms with Gasteiger partial charge in [-0.1, -0.05) is 23.2 Å². The van der Waals surface area contributed by atoms with Crippen molar-refractivity contribution < 1.29 is 24.1 Å². The first kappa shape index (κ1) is 22.7. The second kappa shape index (κ2) is 8.61. The van der Waals surface area contributed by atoms with Crippen LogP contribution in [0.5, 0.6) is 0 Å². The molecule has 4 heterocycles. The molecule has 0 bridgehead atoms. The van der Waals surface area contributed by atoms with Crippen molar-refractivity contribution in [3.8, 4) is 0 Å². The Labute approximate surface area is 200 Å². The summed E-state index contributed by atoms with van der Waals surface area (Å²) in [5, 5.41) is 10.8. The Bertz CT molecular complexity index is 1210. The fourth-order valence-corrected chi connectivity index (χ4v) is 4.98. The van der Waals surface area contributed by atoms with Gasteiger partial charge in [0.1, 0.15) is 29.3 Å². The van der Waals surface area contributed by atoms with Crippen LogP contribution in [0.4, 0.5) is 0 Å². The zero-order valence-corrected chi connectivity index (χ0v) is 19.6. The van der Waals surface area contributed by atoms with Crippen molar-refractivity contribution in [2.45, 2.75) is 57.0 Å². The first-order chi connectivity index (χ1) is 15.8. The Morgan fingerprint density at radius 1 is 1.18 bits per heavy atom. The van der Waals surface area contributed by atoms with E-state index >= 15 is 0 Å². The highest BCUT2D eigenvalue weighted by atomic mass is 35.5. The molecule has 0 radical (unpaired) electrons. The highest BCUT2D eigenvalue weighted by Gasteiger charge is 2.58. The van der Waals surface area contributed by atoms with Gasteiger partial charge in [0.25, 0.3) is 0 Å². The fourth-order valence-electron chi connectivity index (χ4n) is 4.59. The number of hydrogen-bond donors (Lipinski definition) is 1. The van der Waals surface area contributed by atoms with Gasteiger partial charge in [0, 0.05) is 23.4 Å². The summed E-state index contributed by atoms with van der Waals surface area (Å²) in [6.45, 7) is 3.64. The summed E-state index contributed by atoms with van der Waals surface area (Å²) in [6.07, 6.45) is 1.51. The van der Waals surface area contributed by atoms with E-state index in [1.54, 1.807) is 35.0 Å². The van der Waals surface area contributed by atoms with E-state index in [9.17, 15) is 9.90 Å². The van der Waals surface area contributed by atoms with Crippen LogP contribution in [0.2, 0.25) is 10.2 Å². The van der Waals surface area contributed by atoms with Crippen molar-refractivity contribution in [2.24, 2.45) is 0 Å². The standard InChI is InChI=1S/C23H23Cl2N3O5/c1-23(2)32-18-17(16(30)14-6-5-13(24)10-12(14)4-3-9-29)31-22(19(18)33-23)28-8-7-15-20(25)26-11-27-21(15)28/h5-8,10-11,17-19,22,29H,3-4,9H2,1-2H3/t17-,18?,19-,22-/m1/s1. The number of aryl methyl sites for hydroxylation is 1. The normalized spacial score (nSPS) is 26.1. The van der Waals surface area contributed by atoms with Crippen molar-refractivity contribution >= 4 is 40.0 Å². The van der Waals surface area contributed by atoms with Crippen molar-refractivity contribution in [1.29, 1.82) is 0 Å². The monoisotopic (exact) mass is 491 g/mol. The molecule has 10 heteroatoms. The van der Waals surface area contributed by atoms with E-state index in [0.717, 1.165) is 5.56 Å². The summed E-state index contributed by atoms with van der Waals surface area (Å²) in [5.41, 5.74) is 1.83. The lowest BCUT2D eigenvalue weighted by Gasteiger charge is -2.25. The highest BCUT2D eigenvalue weighted by Crippen LogP contribution is 2.45. The van der Waals surface area contributed by atoms with Gasteiger partial charge in [-0.2, -0.15) is 0 Å². The van der Waals surface area contributed by atoms with Gasteiger partial charge in [-0.05, 0) is 56.5 Å². The maximum atomic E-state index is 13.7. The molecular formula is C23H23Cl2N3O5. The Hall–Kier alpha value is -2.07. The molecule has 0 amide bonds. The SMILES string of the molecule is CC1(C)OC2[C@@H](C(=O)c3ccc(Cl)cc3CCCO)O[C@@H](n3ccc4c(Cl)ncnc43)[C@@H]2O1. The van der Waals surface area contributed by atoms with Crippen molar-refractivity contribution in [3.63, 3.8) is 0 Å². The molecule has 2 saturated heterocycles. The summed E-state index contributed by atoms with van der Waals surface area (Å²) in [7, 11) is 0. The van der Waals surface area contributed by atoms with Gasteiger partial charge in [-0.25, -0.2) is 9.97 Å². The maximum absolute atomic E-state index is 13.7. The van der Waals surface area contributed by atoms with Crippen LogP contribution in [-0.2, 0) is 20.6 Å². The minimum absolute atomic E-state index is 0.0170. The number of ketones is 1. The van der Waals surface area contributed by atoms with Crippen molar-refractivity contribution in [1.82, 2.24) is 14.5 Å². The van der Waals surface area contributed by atoms with Crippen LogP contribution in [0, 0.1) is 0 Å². The summed E-state index contributed by atoms with van der Waals surface area (Å²) in [4.78, 5) is 22.1. The van der Waals surface area contributed by atoms with Gasteiger partial charge in [0.2, 0.25) is 0 Å². The molecule has 0 aliphatic carbocycles. The Morgan fingerprint density at radius 2 is 1.97 bits per heavy atom. The lowest BCUT2D eigenvalue weighted by molar-refractivity contribution is -0.190. The molecule has 2 aliphatic rings. The number of hydrogen-bond acceptors (Lipinski definition) is 7. The number of carbonyl (C=O) groups is 1. The number of halogens is 2. The molecule has 8 nitrogen and oxygen atoms in total. The van der Waals surface area contributed by atoms with E-state index in [1.165, 1.54) is 6.33 Å². The van der Waals surface area contributed by atoms with E-state index < -0.39 is 30.3 Å². The number of Topliss-reactive ketones (excluding diaryl/α,β-unsaturated/α-hetero) is 1. The molecule has 4 atom stereocenters. The third kappa shape index (κ3) is 4.05. The molecule has 174 valence electrons. The topological polar surface area (TPSA) is 95.7 Å². The van der Waals surface area contributed by atoms with Gasteiger partial charge < -0.3 is 23.9 Å². The van der Waals surface area contributed by atoms with Gasteiger partial charge in [-0.3, -0.25) is 4.79 Å². The average molecular weight is 492 g/mol. The number of fused-ring (bicyclic) bond motifs is 2. The number of nitrogens with zero attached hydrogens (tertiary/aromatic N) is 3. The molecule has 5 rings (SSSR count). The van der Waals surface area contributed by atoms with Gasteiger partial charge in [-0.15, -0.1) is 0 Å². The smallest absolute Gasteiger partial charge is 0.194 e. The maximum Gasteiger partial charge on any atom is 0.194 e. The number of aromatic nitrogens is 3. The van der Waals surface area contributed by atoms with E-state index in [2.05, 4.69) is 9.97 Å². The molecule has 1 aromatic carbocycles. The zero-order chi connectivity index (χ0) is 23.3. The minimum atomic E-state index is -0.898. The van der Waals surface area contributed by atoms with E-state index in [4.69, 9.17) is 37.4 Å². The molecule has 2 fully saturated rings. The van der Waals surface area contributed by atoms with Crippen LogP contribution in [0.3, 0.4) is 0 Å². The first-order valence-electron chi connectivity index (χ1n) is 10.7. The predicted octanol–water partition coefficient (Wildman–Crippen LogP) is 3.96. The quantitative estimate of drug-likeness (QED) is 0.411. The molecule has 33 heavy (non-hydrogen) atoms. The van der Waals surface area contributed by atoms with Crippen LogP contribution in [0.15, 0.2) is 36.8 Å². The average Bonchev–Trinajstić information content (AvgIpc) is 3.43. The number of aliphatic hydroxyl groups is 1. The fraction of sp³-hybridized carbons (Fsp3) is 0.435. The highest BCUT2D eigenvalue weighted by molar-refractivity contribution is 6.33. The number of ether oxygens (including phenoxy) is 3. The molecular weight excluding hydrogens is 469 g/mol. The summed E-state index contributed by atoms with van der Waals surface area (Å²) in [5.74, 6) is -1.10. The summed E-state index contributed by atoms with van der Waals surface area (Å²) >= 11 is 12.4. The molecule has 2 aliphatic heterocycles. The molecule has 3 aromatic rings. The van der Waals surface area contributed by atoms with Crippen molar-refractivity contribution in [3.05, 3.63) is 58.1 Å². The second-order valence-corrected chi connectivity index (χ2v) is 9.42. The van der Waals surface area contributed by atoms with E-state index in [1.807, 2.05) is 13.8 Å². The van der Waals surface area contributed by atoms with Crippen LogP contribution in [0.25, 0.3) is 11.0 Å². The molecule has 2 aromatic heterocycles. The number of carbonyl (C=O) groups excluding carboxylic acids is 1. The Morgan fingerprint density at radius 3 is 2.76 bits per heavy atom. The largest absolute Gasteiger partial charge is 0.396 e. The van der Waals surface area contributed by atoms with Crippen LogP contribution < -0.4 is 0 Å². The van der Waals surface area contributed by atoms with Gasteiger partial charge in [0.15, 0.2) is 23.9 Å². The van der Waals surface area contributed by atoms with Crippen LogP contribution in [0.1, 0.15) is 42.4 Å². The Kier molecular flexibility index (Phi) is 5.93. The molecule has 1 N–H and O–H groups in total. The third-order valence-corrected chi connectivity index (χ3v) is 6.50. The van der Waals surface area contributed by atoms with Gasteiger partial charge >= 0.3 is 0 Å². The molecule has 0 saturated carbocycles. The number of rotatable bonds is 6. The predicted molar refractivity (Wildman–Crippen MR) is 121 cm³/mol. The zero-order valence-electron chi connectivity index (χ0n) is 18.1. The lowest BCUT2D eigenvalue weighted by atomic mass is 9.94. The second-order valence-electron chi connectivity index (χ2n) is 8.63.